The summed E-state index contributed by atoms with van der Waals surface area (Å²) in [7, 11) is 0. The SMILES string of the molecule is CCOC(=O)C(C)(C(=O)OCC)c1cn(Cc2ccc(OCc3nc(-c4ccccc4)oc3C)cc2)nc1-c1cccs1. The molecule has 0 atom stereocenters. The highest BCUT2D eigenvalue weighted by Crippen LogP contribution is 2.37. The lowest BCUT2D eigenvalue weighted by molar-refractivity contribution is -0.163. The van der Waals surface area contributed by atoms with Gasteiger partial charge in [-0.15, -0.1) is 11.3 Å². The Morgan fingerprint density at radius 2 is 1.65 bits per heavy atom. The number of aryl methyl sites for hydroxylation is 1. The van der Waals surface area contributed by atoms with E-state index in [0.29, 0.717) is 35.2 Å². The standard InChI is InChI=1S/C33H33N3O6S/c1-5-39-31(37)33(4,32(38)40-6-2)26-20-36(35-29(26)28-13-10-18-43-28)19-23-14-16-25(17-15-23)41-21-27-22(3)42-30(34-27)24-11-8-7-9-12-24/h7-18,20H,5-6,19,21H2,1-4H3. The molecule has 0 radical (unpaired) electrons. The summed E-state index contributed by atoms with van der Waals surface area (Å²) in [6.07, 6.45) is 1.73. The minimum atomic E-state index is -1.68. The molecule has 43 heavy (non-hydrogen) atoms. The van der Waals surface area contributed by atoms with Gasteiger partial charge in [0.25, 0.3) is 0 Å². The molecule has 0 spiro atoms. The van der Waals surface area contributed by atoms with Crippen LogP contribution in [0.5, 0.6) is 5.75 Å². The van der Waals surface area contributed by atoms with Gasteiger partial charge < -0.3 is 18.6 Å². The average Bonchev–Trinajstić information content (AvgIpc) is 3.78. The summed E-state index contributed by atoms with van der Waals surface area (Å²) < 4.78 is 24.2. The molecule has 5 aromatic rings. The number of rotatable bonds is 12. The normalized spacial score (nSPS) is 11.3. The zero-order valence-electron chi connectivity index (χ0n) is 24.5. The van der Waals surface area contributed by atoms with Gasteiger partial charge >= 0.3 is 11.9 Å². The molecule has 0 N–H and O–H groups in total. The summed E-state index contributed by atoms with van der Waals surface area (Å²) in [6, 6.07) is 21.2. The zero-order valence-corrected chi connectivity index (χ0v) is 25.3. The largest absolute Gasteiger partial charge is 0.487 e. The fourth-order valence-corrected chi connectivity index (χ4v) is 5.34. The number of esters is 2. The van der Waals surface area contributed by atoms with Crippen LogP contribution < -0.4 is 4.74 Å². The molecule has 0 unspecified atom stereocenters. The molecule has 0 aliphatic carbocycles. The molecule has 0 aliphatic heterocycles. The smallest absolute Gasteiger partial charge is 0.327 e. The van der Waals surface area contributed by atoms with Gasteiger partial charge in [-0.2, -0.15) is 5.10 Å². The molecule has 0 fully saturated rings. The molecule has 9 nitrogen and oxygen atoms in total. The maximum absolute atomic E-state index is 13.2. The number of ether oxygens (including phenoxy) is 3. The molecule has 5 rings (SSSR count). The quantitative estimate of drug-likeness (QED) is 0.117. The number of hydrogen-bond donors (Lipinski definition) is 0. The van der Waals surface area contributed by atoms with Crippen LogP contribution in [0.2, 0.25) is 0 Å². The van der Waals surface area contributed by atoms with Gasteiger partial charge in [-0.3, -0.25) is 14.3 Å². The summed E-state index contributed by atoms with van der Waals surface area (Å²) in [5.41, 5.74) is 1.90. The molecule has 0 aliphatic rings. The van der Waals surface area contributed by atoms with E-state index in [1.165, 1.54) is 18.3 Å². The lowest BCUT2D eigenvalue weighted by Crippen LogP contribution is -2.43. The number of benzene rings is 2. The average molecular weight is 600 g/mol. The molecule has 0 bridgehead atoms. The summed E-state index contributed by atoms with van der Waals surface area (Å²) in [5, 5.41) is 6.72. The van der Waals surface area contributed by atoms with Gasteiger partial charge in [0.1, 0.15) is 29.5 Å². The Bertz CT molecular complexity index is 1660. The predicted molar refractivity (Wildman–Crippen MR) is 163 cm³/mol. The molecular formula is C33H33N3O6S. The van der Waals surface area contributed by atoms with Crippen LogP contribution in [-0.4, -0.2) is 39.9 Å². The van der Waals surface area contributed by atoms with E-state index in [9.17, 15) is 9.59 Å². The Hall–Kier alpha value is -4.70. The highest BCUT2D eigenvalue weighted by atomic mass is 32.1. The van der Waals surface area contributed by atoms with Crippen molar-refractivity contribution in [3.05, 3.63) is 101 Å². The van der Waals surface area contributed by atoms with Crippen LogP contribution in [0.15, 0.2) is 82.7 Å². The number of carbonyl (C=O) groups excluding carboxylic acids is 2. The molecule has 222 valence electrons. The first kappa shape index (κ1) is 29.8. The Kier molecular flexibility index (Phi) is 9.06. The highest BCUT2D eigenvalue weighted by Gasteiger charge is 2.49. The number of carbonyl (C=O) groups is 2. The van der Waals surface area contributed by atoms with Gasteiger partial charge in [0.15, 0.2) is 5.41 Å². The Balaban J connectivity index is 1.35. The van der Waals surface area contributed by atoms with Crippen molar-refractivity contribution in [2.24, 2.45) is 0 Å². The van der Waals surface area contributed by atoms with Crippen molar-refractivity contribution in [1.82, 2.24) is 14.8 Å². The maximum atomic E-state index is 13.2. The molecule has 0 saturated heterocycles. The monoisotopic (exact) mass is 599 g/mol. The molecular weight excluding hydrogens is 566 g/mol. The van der Waals surface area contributed by atoms with Crippen molar-refractivity contribution < 1.29 is 28.2 Å². The first-order valence-corrected chi connectivity index (χ1v) is 14.9. The van der Waals surface area contributed by atoms with E-state index in [4.69, 9.17) is 23.7 Å². The van der Waals surface area contributed by atoms with Crippen LogP contribution in [0, 0.1) is 6.92 Å². The van der Waals surface area contributed by atoms with Crippen LogP contribution in [-0.2, 0) is 37.6 Å². The molecule has 10 heteroatoms. The molecule has 0 saturated carbocycles. The van der Waals surface area contributed by atoms with E-state index in [1.807, 2.05) is 79.0 Å². The van der Waals surface area contributed by atoms with Crippen LogP contribution >= 0.6 is 11.3 Å². The predicted octanol–water partition coefficient (Wildman–Crippen LogP) is 6.59. The second kappa shape index (κ2) is 13.1. The molecule has 0 amide bonds. The molecule has 2 aromatic carbocycles. The number of aromatic nitrogens is 3. The van der Waals surface area contributed by atoms with E-state index in [2.05, 4.69) is 4.98 Å². The maximum Gasteiger partial charge on any atom is 0.327 e. The van der Waals surface area contributed by atoms with Gasteiger partial charge in [0, 0.05) is 17.3 Å². The van der Waals surface area contributed by atoms with Crippen LogP contribution in [0.4, 0.5) is 0 Å². The van der Waals surface area contributed by atoms with Crippen LogP contribution in [0.1, 0.15) is 43.4 Å². The number of oxazole rings is 1. The summed E-state index contributed by atoms with van der Waals surface area (Å²) in [6.45, 7) is 7.76. The summed E-state index contributed by atoms with van der Waals surface area (Å²) >= 11 is 1.47. The number of hydrogen-bond acceptors (Lipinski definition) is 9. The van der Waals surface area contributed by atoms with E-state index in [1.54, 1.807) is 24.7 Å². The van der Waals surface area contributed by atoms with E-state index in [-0.39, 0.29) is 19.8 Å². The summed E-state index contributed by atoms with van der Waals surface area (Å²) in [4.78, 5) is 31.8. The van der Waals surface area contributed by atoms with E-state index in [0.717, 1.165) is 21.7 Å². The molecule has 3 heterocycles. The third-order valence-electron chi connectivity index (χ3n) is 6.98. The van der Waals surface area contributed by atoms with Gasteiger partial charge in [-0.1, -0.05) is 36.4 Å². The highest BCUT2D eigenvalue weighted by molar-refractivity contribution is 7.13. The van der Waals surface area contributed by atoms with Crippen molar-refractivity contribution in [2.75, 3.05) is 13.2 Å². The number of nitrogens with zero attached hydrogens (tertiary/aromatic N) is 3. The first-order chi connectivity index (χ1) is 20.8. The van der Waals surface area contributed by atoms with Crippen molar-refractivity contribution in [3.8, 4) is 27.8 Å². The first-order valence-electron chi connectivity index (χ1n) is 14.0. The fourth-order valence-electron chi connectivity index (χ4n) is 4.61. The van der Waals surface area contributed by atoms with Gasteiger partial charge in [0.05, 0.1) is 24.6 Å². The van der Waals surface area contributed by atoms with E-state index >= 15 is 0 Å². The lowest BCUT2D eigenvalue weighted by atomic mass is 9.82. The Morgan fingerprint density at radius 1 is 0.953 bits per heavy atom. The minimum absolute atomic E-state index is 0.134. The second-order valence-corrected chi connectivity index (χ2v) is 10.9. The Labute approximate surface area is 254 Å². The molecule has 3 aromatic heterocycles. The van der Waals surface area contributed by atoms with Gasteiger partial charge in [-0.05, 0) is 69.0 Å². The topological polar surface area (TPSA) is 106 Å². The van der Waals surface area contributed by atoms with Crippen molar-refractivity contribution >= 4 is 23.3 Å². The second-order valence-electron chi connectivity index (χ2n) is 9.95. The fraction of sp³-hybridized carbons (Fsp3) is 0.273. The zero-order chi connectivity index (χ0) is 30.4. The van der Waals surface area contributed by atoms with Crippen molar-refractivity contribution in [1.29, 1.82) is 0 Å². The van der Waals surface area contributed by atoms with Crippen LogP contribution in [0.3, 0.4) is 0 Å². The minimum Gasteiger partial charge on any atom is -0.487 e. The van der Waals surface area contributed by atoms with E-state index < -0.39 is 17.4 Å². The Morgan fingerprint density at radius 3 is 2.28 bits per heavy atom. The van der Waals surface area contributed by atoms with Gasteiger partial charge in [0.2, 0.25) is 5.89 Å². The third kappa shape index (κ3) is 6.39. The van der Waals surface area contributed by atoms with Crippen molar-refractivity contribution in [3.63, 3.8) is 0 Å². The number of thiophene rings is 1. The summed E-state index contributed by atoms with van der Waals surface area (Å²) in [5.74, 6) is 0.611. The van der Waals surface area contributed by atoms with Crippen LogP contribution in [0.25, 0.3) is 22.0 Å². The van der Waals surface area contributed by atoms with Crippen molar-refractivity contribution in [2.45, 2.75) is 46.3 Å². The van der Waals surface area contributed by atoms with Gasteiger partial charge in [-0.25, -0.2) is 4.98 Å². The third-order valence-corrected chi connectivity index (χ3v) is 7.86. The lowest BCUT2D eigenvalue weighted by Gasteiger charge is -2.24.